The van der Waals surface area contributed by atoms with Crippen molar-refractivity contribution in [2.45, 2.75) is 5.85 Å². The van der Waals surface area contributed by atoms with Crippen molar-refractivity contribution in [3.05, 3.63) is 34.9 Å². The molecule has 102 valence electrons. The zero-order chi connectivity index (χ0) is 14.2. The first-order chi connectivity index (χ1) is 8.94. The molecule has 1 heterocycles. The molecule has 2 rings (SSSR count). The number of benzene rings is 1. The first-order valence-electron chi connectivity index (χ1n) is 5.23. The van der Waals surface area contributed by atoms with E-state index in [1.54, 1.807) is 0 Å². The Morgan fingerprint density at radius 3 is 2.53 bits per heavy atom. The summed E-state index contributed by atoms with van der Waals surface area (Å²) in [7, 11) is -1.36. The molecule has 0 saturated heterocycles. The summed E-state index contributed by atoms with van der Waals surface area (Å²) < 4.78 is 26.8. The Kier molecular flexibility index (Phi) is 3.45. The van der Waals surface area contributed by atoms with Crippen molar-refractivity contribution < 1.29 is 33.0 Å². The van der Waals surface area contributed by atoms with Gasteiger partial charge in [0, 0.05) is 19.8 Å². The third kappa shape index (κ3) is 2.06. The molecule has 0 spiro atoms. The van der Waals surface area contributed by atoms with Gasteiger partial charge in [-0.25, -0.2) is 9.59 Å². The number of cyclic esters (lactones) is 1. The van der Waals surface area contributed by atoms with E-state index in [0.29, 0.717) is 0 Å². The van der Waals surface area contributed by atoms with Crippen LogP contribution >= 0.6 is 7.60 Å². The van der Waals surface area contributed by atoms with Crippen LogP contribution in [0.2, 0.25) is 0 Å². The van der Waals surface area contributed by atoms with E-state index < -0.39 is 25.4 Å². The van der Waals surface area contributed by atoms with Crippen LogP contribution in [0, 0.1) is 0 Å². The Bertz CT molecular complexity index is 587. The standard InChI is InChI=1S/C11H11O7P/c1-16-19(15,17-2)11-7-5-3-4-6(9(12)13)8(7)10(14)18-11/h3-5,11H,1-2H3,(H,12,13)/t11-/m0/s1. The molecule has 0 aromatic heterocycles. The summed E-state index contributed by atoms with van der Waals surface area (Å²) in [6.45, 7) is 0. The first-order valence-corrected chi connectivity index (χ1v) is 6.84. The molecule has 19 heavy (non-hydrogen) atoms. The molecule has 1 aliphatic heterocycles. The Balaban J connectivity index is 2.61. The van der Waals surface area contributed by atoms with Crippen molar-refractivity contribution in [2.24, 2.45) is 0 Å². The maximum absolute atomic E-state index is 12.3. The molecular weight excluding hydrogens is 275 g/mol. The average Bonchev–Trinajstić information content (AvgIpc) is 2.76. The van der Waals surface area contributed by atoms with Gasteiger partial charge in [-0.2, -0.15) is 0 Å². The monoisotopic (exact) mass is 286 g/mol. The molecule has 1 aromatic rings. The summed E-state index contributed by atoms with van der Waals surface area (Å²) in [5.74, 6) is -3.37. The van der Waals surface area contributed by atoms with Crippen LogP contribution in [-0.4, -0.2) is 31.3 Å². The predicted octanol–water partition coefficient (Wildman–Crippen LogP) is 2.04. The summed E-state index contributed by atoms with van der Waals surface area (Å²) in [6, 6.07) is 4.17. The third-order valence-corrected chi connectivity index (χ3v) is 4.79. The molecule has 8 heteroatoms. The van der Waals surface area contributed by atoms with E-state index in [2.05, 4.69) is 0 Å². The van der Waals surface area contributed by atoms with E-state index in [4.69, 9.17) is 18.9 Å². The van der Waals surface area contributed by atoms with E-state index in [1.165, 1.54) is 18.2 Å². The highest BCUT2D eigenvalue weighted by Gasteiger charge is 2.47. The lowest BCUT2D eigenvalue weighted by atomic mass is 10.0. The molecule has 7 nitrogen and oxygen atoms in total. The number of carbonyl (C=O) groups excluding carboxylic acids is 1. The summed E-state index contributed by atoms with van der Waals surface area (Å²) >= 11 is 0. The lowest BCUT2D eigenvalue weighted by Gasteiger charge is -2.19. The Hall–Kier alpha value is -1.69. The largest absolute Gasteiger partial charge is 0.478 e. The number of hydrogen-bond acceptors (Lipinski definition) is 6. The Morgan fingerprint density at radius 1 is 1.37 bits per heavy atom. The van der Waals surface area contributed by atoms with Gasteiger partial charge in [-0.05, 0) is 6.07 Å². The summed E-state index contributed by atoms with van der Waals surface area (Å²) in [5, 5.41) is 9.03. The highest BCUT2D eigenvalue weighted by molar-refractivity contribution is 7.54. The van der Waals surface area contributed by atoms with E-state index in [9.17, 15) is 14.2 Å². The highest BCUT2D eigenvalue weighted by Crippen LogP contribution is 2.63. The number of aromatic carboxylic acids is 1. The number of ether oxygens (including phenoxy) is 1. The molecule has 1 aromatic carbocycles. The van der Waals surface area contributed by atoms with E-state index >= 15 is 0 Å². The smallest absolute Gasteiger partial charge is 0.375 e. The van der Waals surface area contributed by atoms with Crippen LogP contribution in [0.5, 0.6) is 0 Å². The first kappa shape index (κ1) is 13.7. The van der Waals surface area contributed by atoms with Gasteiger partial charge < -0.3 is 18.9 Å². The van der Waals surface area contributed by atoms with Crippen molar-refractivity contribution in [3.8, 4) is 0 Å². The number of hydrogen-bond donors (Lipinski definition) is 1. The van der Waals surface area contributed by atoms with Gasteiger partial charge in [0.1, 0.15) is 0 Å². The Morgan fingerprint density at radius 2 is 2.00 bits per heavy atom. The minimum atomic E-state index is -3.68. The van der Waals surface area contributed by atoms with Crippen molar-refractivity contribution in [1.29, 1.82) is 0 Å². The maximum Gasteiger partial charge on any atom is 0.375 e. The molecule has 1 atom stereocenters. The topological polar surface area (TPSA) is 99.1 Å². The van der Waals surface area contributed by atoms with Gasteiger partial charge in [-0.1, -0.05) is 12.1 Å². The maximum atomic E-state index is 12.3. The molecule has 0 unspecified atom stereocenters. The van der Waals surface area contributed by atoms with Gasteiger partial charge in [0.2, 0.25) is 5.85 Å². The van der Waals surface area contributed by atoms with Crippen LogP contribution < -0.4 is 0 Å². The molecule has 0 aliphatic carbocycles. The summed E-state index contributed by atoms with van der Waals surface area (Å²) in [5.41, 5.74) is -0.130. The number of esters is 1. The van der Waals surface area contributed by atoms with Crippen molar-refractivity contribution in [1.82, 2.24) is 0 Å². The van der Waals surface area contributed by atoms with Crippen molar-refractivity contribution in [2.75, 3.05) is 14.2 Å². The fourth-order valence-corrected chi connectivity index (χ4v) is 3.22. The van der Waals surface area contributed by atoms with Gasteiger partial charge in [0.25, 0.3) is 0 Å². The quantitative estimate of drug-likeness (QED) is 0.667. The fourth-order valence-electron chi connectivity index (χ4n) is 1.91. The van der Waals surface area contributed by atoms with Crippen molar-refractivity contribution >= 4 is 19.5 Å². The van der Waals surface area contributed by atoms with Crippen molar-refractivity contribution in [3.63, 3.8) is 0 Å². The molecule has 0 radical (unpaired) electrons. The summed E-state index contributed by atoms with van der Waals surface area (Å²) in [4.78, 5) is 22.8. The molecule has 0 fully saturated rings. The SMILES string of the molecule is COP(=O)(OC)[C@@H]1OC(=O)c2c(C(=O)O)cccc21. The molecule has 1 N–H and O–H groups in total. The fraction of sp³-hybridized carbons (Fsp3) is 0.273. The predicted molar refractivity (Wildman–Crippen MR) is 63.2 cm³/mol. The second-order valence-electron chi connectivity index (χ2n) is 3.74. The van der Waals surface area contributed by atoms with Crippen LogP contribution in [0.25, 0.3) is 0 Å². The Labute approximate surface area is 108 Å². The highest BCUT2D eigenvalue weighted by atomic mass is 31.2. The van der Waals surface area contributed by atoms with Crippen LogP contribution in [0.4, 0.5) is 0 Å². The van der Waals surface area contributed by atoms with E-state index in [-0.39, 0.29) is 16.7 Å². The van der Waals surface area contributed by atoms with Crippen LogP contribution in [-0.2, 0) is 18.3 Å². The van der Waals surface area contributed by atoms with E-state index in [1.807, 2.05) is 0 Å². The second-order valence-corrected chi connectivity index (χ2v) is 6.02. The second kappa shape index (κ2) is 4.77. The average molecular weight is 286 g/mol. The van der Waals surface area contributed by atoms with E-state index in [0.717, 1.165) is 14.2 Å². The third-order valence-electron chi connectivity index (χ3n) is 2.81. The molecule has 0 amide bonds. The zero-order valence-electron chi connectivity index (χ0n) is 10.2. The van der Waals surface area contributed by atoms with Crippen LogP contribution in [0.1, 0.15) is 32.1 Å². The molecule has 1 aliphatic rings. The lowest BCUT2D eigenvalue weighted by molar-refractivity contribution is 0.0451. The van der Waals surface area contributed by atoms with Gasteiger partial charge in [-0.3, -0.25) is 4.57 Å². The van der Waals surface area contributed by atoms with Crippen LogP contribution in [0.15, 0.2) is 18.2 Å². The minimum Gasteiger partial charge on any atom is -0.478 e. The normalized spacial score (nSPS) is 18.0. The number of carboxylic acids is 1. The number of fused-ring (bicyclic) bond motifs is 1. The summed E-state index contributed by atoms with van der Waals surface area (Å²) in [6.07, 6.45) is 0. The zero-order valence-corrected chi connectivity index (χ0v) is 11.0. The molecular formula is C11H11O7P. The van der Waals surface area contributed by atoms with Crippen LogP contribution in [0.3, 0.4) is 0 Å². The number of carboxylic acid groups (broad SMARTS) is 1. The lowest BCUT2D eigenvalue weighted by Crippen LogP contribution is -2.05. The molecule has 0 bridgehead atoms. The van der Waals surface area contributed by atoms with Gasteiger partial charge in [-0.15, -0.1) is 0 Å². The molecule has 0 saturated carbocycles. The number of carbonyl (C=O) groups is 2. The van der Waals surface area contributed by atoms with Gasteiger partial charge >= 0.3 is 19.5 Å². The van der Waals surface area contributed by atoms with Gasteiger partial charge in [0.15, 0.2) is 0 Å². The number of rotatable bonds is 4. The van der Waals surface area contributed by atoms with Gasteiger partial charge in [0.05, 0.1) is 11.1 Å². The minimum absolute atomic E-state index is 0.116.